The standard InChI is InChI=1S/C44H56ClN12O13PS2/c1-22-23(2)73-42-32(22)33(26-7-9-27(45)10-8-26)50-28(37-55-54-24(3)56(37)42)19-31(59)47-11-5-13-65-15-17-67-18-16-66-14-6-12-48-39(61)29(49-25(4)58)21-72-44-51-34-38(52-43(46)53-40(34)62)57(44)41-35(60)36-30(69-41)20-68-71(63,64)70-36/h7-10,28-30,35-36,41,60H,5-6,11-21H2,1-4H3,(H,47,59)(H,48,61)(H,49,58)(H,63,64)(H3,46,52,53,62)/t28-,29-,30+,35+,36+,41+/m0/s1. The molecule has 0 aliphatic carbocycles. The lowest BCUT2D eigenvalue weighted by Crippen LogP contribution is -2.48. The highest BCUT2D eigenvalue weighted by molar-refractivity contribution is 7.99. The molecule has 0 bridgehead atoms. The topological polar surface area (TPSA) is 333 Å². The summed E-state index contributed by atoms with van der Waals surface area (Å²) >= 11 is 8.84. The number of hydrogen-bond acceptors (Lipinski definition) is 20. The molecule has 1 unspecified atom stereocenters. The molecule has 5 aromatic rings. The number of carbonyl (C=O) groups is 3. The van der Waals surface area contributed by atoms with E-state index in [2.05, 4.69) is 54.9 Å². The maximum Gasteiger partial charge on any atom is 0.472 e. The largest absolute Gasteiger partial charge is 0.472 e. The number of aliphatic imine (C=N–C) groups is 1. The minimum absolute atomic E-state index is 0.0644. The minimum Gasteiger partial charge on any atom is -0.386 e. The second kappa shape index (κ2) is 24.0. The highest BCUT2D eigenvalue weighted by atomic mass is 35.5. The summed E-state index contributed by atoms with van der Waals surface area (Å²) in [6, 6.07) is 5.92. The highest BCUT2D eigenvalue weighted by Crippen LogP contribution is 2.53. The minimum atomic E-state index is -4.45. The number of ether oxygens (including phenoxy) is 4. The molecule has 1 aromatic carbocycles. The number of thiophene rings is 1. The number of nitrogens with one attached hydrogen (secondary N) is 4. The van der Waals surface area contributed by atoms with Crippen molar-refractivity contribution in [3.8, 4) is 5.00 Å². The van der Waals surface area contributed by atoms with E-state index in [4.69, 9.17) is 50.3 Å². The number of nitrogens with two attached hydrogens (primary N) is 1. The Bertz CT molecular complexity index is 2950. The van der Waals surface area contributed by atoms with Crippen molar-refractivity contribution in [2.45, 2.75) is 88.7 Å². The lowest BCUT2D eigenvalue weighted by Gasteiger charge is -2.27. The van der Waals surface area contributed by atoms with Crippen molar-refractivity contribution in [1.82, 2.24) is 50.2 Å². The van der Waals surface area contributed by atoms with Crippen molar-refractivity contribution in [3.63, 3.8) is 0 Å². The zero-order chi connectivity index (χ0) is 52.0. The normalized spacial score (nSPS) is 21.7. The first kappa shape index (κ1) is 54.1. The number of nitrogens with zero attached hydrogens (tertiary/aromatic N) is 7. The molecular formula is C44H56ClN12O13PS2. The Balaban J connectivity index is 0.712. The fourth-order valence-electron chi connectivity index (χ4n) is 8.28. The molecule has 2 saturated heterocycles. The summed E-state index contributed by atoms with van der Waals surface area (Å²) in [5, 5.41) is 30.0. The van der Waals surface area contributed by atoms with Gasteiger partial charge in [0.1, 0.15) is 41.2 Å². The summed E-state index contributed by atoms with van der Waals surface area (Å²) in [4.78, 5) is 78.6. The maximum atomic E-state index is 13.3. The Morgan fingerprint density at radius 3 is 2.41 bits per heavy atom. The highest BCUT2D eigenvalue weighted by Gasteiger charge is 2.53. The third-order valence-corrected chi connectivity index (χ3v) is 15.3. The Kier molecular flexibility index (Phi) is 17.8. The van der Waals surface area contributed by atoms with E-state index >= 15 is 0 Å². The number of fused-ring (bicyclic) bond motifs is 5. The number of halogens is 1. The maximum absolute atomic E-state index is 13.3. The molecule has 3 aliphatic heterocycles. The van der Waals surface area contributed by atoms with Gasteiger partial charge in [-0.25, -0.2) is 9.55 Å². The molecule has 2 fully saturated rings. The molecular weight excluding hydrogens is 1040 g/mol. The number of aliphatic hydroxyl groups is 1. The van der Waals surface area contributed by atoms with E-state index in [-0.39, 0.29) is 53.5 Å². The summed E-state index contributed by atoms with van der Waals surface area (Å²) in [5.41, 5.74) is 8.70. The van der Waals surface area contributed by atoms with Gasteiger partial charge in [0.05, 0.1) is 45.2 Å². The Morgan fingerprint density at radius 1 is 1.03 bits per heavy atom. The van der Waals surface area contributed by atoms with Crippen molar-refractivity contribution in [2.75, 3.05) is 70.8 Å². The van der Waals surface area contributed by atoms with Crippen molar-refractivity contribution < 1.29 is 56.9 Å². The van der Waals surface area contributed by atoms with Gasteiger partial charge >= 0.3 is 7.82 Å². The molecule has 3 aliphatic rings. The molecule has 0 saturated carbocycles. The zero-order valence-corrected chi connectivity index (χ0v) is 43.5. The molecule has 25 nitrogen and oxygen atoms in total. The molecule has 0 spiro atoms. The predicted octanol–water partition coefficient (Wildman–Crippen LogP) is 2.34. The van der Waals surface area contributed by atoms with Gasteiger partial charge in [0.25, 0.3) is 5.56 Å². The number of anilines is 1. The van der Waals surface area contributed by atoms with E-state index in [1.165, 1.54) is 11.5 Å². The molecule has 8 rings (SSSR count). The molecule has 3 amide bonds. The molecule has 7 atom stereocenters. The van der Waals surface area contributed by atoms with Crippen LogP contribution >= 0.6 is 42.5 Å². The second-order valence-electron chi connectivity index (χ2n) is 17.1. The van der Waals surface area contributed by atoms with Crippen LogP contribution in [0.15, 0.2) is 39.2 Å². The Labute approximate surface area is 430 Å². The van der Waals surface area contributed by atoms with E-state index in [1.54, 1.807) is 11.3 Å². The number of phosphoric ester groups is 1. The number of nitrogen functional groups attached to an aromatic ring is 1. The summed E-state index contributed by atoms with van der Waals surface area (Å²) in [6.45, 7) is 9.67. The molecule has 8 N–H and O–H groups in total. The number of amides is 3. The molecule has 73 heavy (non-hydrogen) atoms. The number of benzene rings is 1. The van der Waals surface area contributed by atoms with Crippen LogP contribution in [0.25, 0.3) is 16.2 Å². The molecule has 4 aromatic heterocycles. The van der Waals surface area contributed by atoms with Crippen LogP contribution in [0.1, 0.15) is 71.7 Å². The van der Waals surface area contributed by atoms with E-state index in [9.17, 15) is 33.7 Å². The van der Waals surface area contributed by atoms with Gasteiger partial charge in [-0.15, -0.1) is 21.5 Å². The zero-order valence-electron chi connectivity index (χ0n) is 40.2. The van der Waals surface area contributed by atoms with Crippen LogP contribution in [-0.2, 0) is 46.9 Å². The van der Waals surface area contributed by atoms with Gasteiger partial charge in [-0.2, -0.15) is 4.98 Å². The number of aromatic amines is 1. The predicted molar refractivity (Wildman–Crippen MR) is 267 cm³/mol. The third kappa shape index (κ3) is 12.9. The third-order valence-electron chi connectivity index (χ3n) is 11.9. The smallest absolute Gasteiger partial charge is 0.386 e. The number of aryl methyl sites for hydroxylation is 2. The first-order chi connectivity index (χ1) is 35.0. The average molecular weight is 1090 g/mol. The van der Waals surface area contributed by atoms with Crippen molar-refractivity contribution >= 4 is 83.1 Å². The fraction of sp³-hybridized carbons (Fsp3) is 0.523. The first-order valence-corrected chi connectivity index (χ1v) is 27.0. The monoisotopic (exact) mass is 1090 g/mol. The van der Waals surface area contributed by atoms with E-state index in [1.807, 2.05) is 35.8 Å². The number of H-pyrrole nitrogens is 1. The number of aromatic nitrogens is 7. The van der Waals surface area contributed by atoms with Gasteiger partial charge in [-0.1, -0.05) is 35.5 Å². The molecule has 394 valence electrons. The first-order valence-electron chi connectivity index (χ1n) is 23.3. The number of imidazole rings is 1. The lowest BCUT2D eigenvalue weighted by molar-refractivity contribution is -0.127. The van der Waals surface area contributed by atoms with Crippen LogP contribution in [-0.4, -0.2) is 157 Å². The van der Waals surface area contributed by atoms with Gasteiger partial charge in [-0.3, -0.25) is 47.3 Å². The Hall–Kier alpha value is -5.16. The van der Waals surface area contributed by atoms with Crippen LogP contribution in [0, 0.1) is 20.8 Å². The number of rotatable bonds is 23. The lowest BCUT2D eigenvalue weighted by atomic mass is 9.99. The van der Waals surface area contributed by atoms with E-state index in [0.717, 1.165) is 49.9 Å². The second-order valence-corrected chi connectivity index (χ2v) is 21.2. The van der Waals surface area contributed by atoms with E-state index in [0.29, 0.717) is 69.9 Å². The summed E-state index contributed by atoms with van der Waals surface area (Å²) < 4.78 is 48.2. The molecule has 0 radical (unpaired) electrons. The summed E-state index contributed by atoms with van der Waals surface area (Å²) in [6.07, 6.45) is -3.93. The molecule has 29 heteroatoms. The molecule has 7 heterocycles. The van der Waals surface area contributed by atoms with Gasteiger partial charge in [0, 0.05) is 60.0 Å². The van der Waals surface area contributed by atoms with Crippen molar-refractivity contribution in [2.24, 2.45) is 4.99 Å². The number of phosphoric acid groups is 1. The number of hydrogen-bond donors (Lipinski definition) is 7. The van der Waals surface area contributed by atoms with Gasteiger partial charge in [0.2, 0.25) is 23.7 Å². The van der Waals surface area contributed by atoms with Crippen molar-refractivity contribution in [3.05, 3.63) is 72.9 Å². The number of thioether (sulfide) groups is 1. The van der Waals surface area contributed by atoms with Crippen LogP contribution in [0.5, 0.6) is 0 Å². The number of carbonyl (C=O) groups excluding carboxylic acids is 3. The van der Waals surface area contributed by atoms with Crippen LogP contribution in [0.3, 0.4) is 0 Å². The van der Waals surface area contributed by atoms with Crippen LogP contribution in [0.4, 0.5) is 5.95 Å². The fourth-order valence-corrected chi connectivity index (χ4v) is 11.6. The van der Waals surface area contributed by atoms with Crippen LogP contribution in [0.2, 0.25) is 5.02 Å². The van der Waals surface area contributed by atoms with Gasteiger partial charge in [-0.05, 0) is 51.3 Å². The van der Waals surface area contributed by atoms with Gasteiger partial charge in [0.15, 0.2) is 28.4 Å². The average Bonchev–Trinajstić information content (AvgIpc) is 4.06. The summed E-state index contributed by atoms with van der Waals surface area (Å²) in [5.74, 6) is -0.142. The van der Waals surface area contributed by atoms with Gasteiger partial charge < -0.3 is 50.6 Å². The van der Waals surface area contributed by atoms with Crippen molar-refractivity contribution in [1.29, 1.82) is 0 Å². The SMILES string of the molecule is CC(=O)N[C@@H](CSc1nc2c(=O)[nH]c(N)nc2n1[C@@H]1O[C@@H]2COP(=O)(O)O[C@H]2[C@H]1O)C(=O)NCCCOCCOCCOCCCNC(=O)C[C@@H]1N=C(c2ccc(Cl)cc2)c2c(sc(C)c2C)-n2c(C)nnc21. The quantitative estimate of drug-likeness (QED) is 0.0280. The number of aliphatic hydroxyl groups excluding tert-OH is 1. The summed E-state index contributed by atoms with van der Waals surface area (Å²) in [7, 11) is -4.45. The Morgan fingerprint density at radius 2 is 1.71 bits per heavy atom. The van der Waals surface area contributed by atoms with Crippen LogP contribution < -0.4 is 27.2 Å². The van der Waals surface area contributed by atoms with E-state index < -0.39 is 61.8 Å².